The zero-order valence-corrected chi connectivity index (χ0v) is 15.6. The fourth-order valence-electron chi connectivity index (χ4n) is 2.08. The van der Waals surface area contributed by atoms with Crippen molar-refractivity contribution in [1.29, 1.82) is 0 Å². The monoisotopic (exact) mass is 385 g/mol. The lowest BCUT2D eigenvalue weighted by Crippen LogP contribution is -1.98. The summed E-state index contributed by atoms with van der Waals surface area (Å²) in [5.41, 5.74) is 1.55. The van der Waals surface area contributed by atoms with Crippen LogP contribution in [0, 0.1) is 0 Å². The minimum atomic E-state index is 0.523. The molecule has 0 saturated heterocycles. The van der Waals surface area contributed by atoms with Crippen LogP contribution in [0.1, 0.15) is 17.5 Å². The molecule has 0 bridgehead atoms. The zero-order valence-electron chi connectivity index (χ0n) is 12.5. The van der Waals surface area contributed by atoms with E-state index in [0.29, 0.717) is 39.6 Å². The molecular formula is C15H13Cl2N3OS2. The van der Waals surface area contributed by atoms with Gasteiger partial charge in [0.2, 0.25) is 5.88 Å². The van der Waals surface area contributed by atoms with Crippen LogP contribution < -0.4 is 4.74 Å². The summed E-state index contributed by atoms with van der Waals surface area (Å²) in [6.07, 6.45) is 2.49. The molecule has 2 heterocycles. The summed E-state index contributed by atoms with van der Waals surface area (Å²) < 4.78 is 5.60. The molecule has 3 aromatic rings. The molecule has 0 unspecified atom stereocenters. The number of nitrogens with zero attached hydrogens (tertiary/aromatic N) is 3. The average Bonchev–Trinajstić information content (AvgIpc) is 2.94. The fraction of sp³-hybridized carbons (Fsp3) is 0.267. The first-order valence-corrected chi connectivity index (χ1v) is 9.69. The maximum absolute atomic E-state index is 6.24. The van der Waals surface area contributed by atoms with Crippen LogP contribution in [0.15, 0.2) is 23.4 Å². The van der Waals surface area contributed by atoms with Crippen molar-refractivity contribution in [3.05, 3.63) is 38.8 Å². The maximum Gasteiger partial charge on any atom is 0.245 e. The summed E-state index contributed by atoms with van der Waals surface area (Å²) >= 11 is 15.5. The Labute approximate surface area is 152 Å². The summed E-state index contributed by atoms with van der Waals surface area (Å²) in [5.74, 6) is 0.523. The van der Waals surface area contributed by atoms with Crippen molar-refractivity contribution in [2.75, 3.05) is 12.9 Å². The van der Waals surface area contributed by atoms with Gasteiger partial charge in [-0.15, -0.1) is 0 Å². The van der Waals surface area contributed by atoms with Gasteiger partial charge < -0.3 is 4.74 Å². The van der Waals surface area contributed by atoms with Crippen LogP contribution in [0.2, 0.25) is 10.0 Å². The van der Waals surface area contributed by atoms with Gasteiger partial charge in [-0.25, -0.2) is 9.97 Å². The van der Waals surface area contributed by atoms with E-state index in [1.165, 1.54) is 23.1 Å². The zero-order chi connectivity index (χ0) is 16.4. The van der Waals surface area contributed by atoms with E-state index in [1.807, 2.05) is 31.4 Å². The van der Waals surface area contributed by atoms with E-state index in [2.05, 4.69) is 15.0 Å². The Morgan fingerprint density at radius 2 is 1.91 bits per heavy atom. The van der Waals surface area contributed by atoms with Crippen molar-refractivity contribution >= 4 is 56.6 Å². The van der Waals surface area contributed by atoms with E-state index in [4.69, 9.17) is 27.9 Å². The van der Waals surface area contributed by atoms with Gasteiger partial charge in [-0.3, -0.25) is 0 Å². The van der Waals surface area contributed by atoms with E-state index in [-0.39, 0.29) is 0 Å². The predicted octanol–water partition coefficient (Wildman–Crippen LogP) is 5.10. The van der Waals surface area contributed by atoms with Crippen molar-refractivity contribution in [2.24, 2.45) is 0 Å². The second-order valence-electron chi connectivity index (χ2n) is 4.59. The molecule has 3 rings (SSSR count). The molecule has 0 spiro atoms. The molecule has 120 valence electrons. The quantitative estimate of drug-likeness (QED) is 0.451. The Hall–Kier alpha value is -1.08. The number of hydrogen-bond donors (Lipinski definition) is 0. The summed E-state index contributed by atoms with van der Waals surface area (Å²) in [7, 11) is 0. The summed E-state index contributed by atoms with van der Waals surface area (Å²) in [4.78, 5) is 14.3. The Balaban J connectivity index is 2.04. The van der Waals surface area contributed by atoms with Gasteiger partial charge in [0.1, 0.15) is 5.01 Å². The molecule has 2 aromatic heterocycles. The van der Waals surface area contributed by atoms with Crippen molar-refractivity contribution < 1.29 is 4.74 Å². The smallest absolute Gasteiger partial charge is 0.245 e. The number of aromatic nitrogens is 3. The highest BCUT2D eigenvalue weighted by Gasteiger charge is 2.16. The lowest BCUT2D eigenvalue weighted by molar-refractivity contribution is 0.327. The van der Waals surface area contributed by atoms with E-state index in [9.17, 15) is 0 Å². The first kappa shape index (κ1) is 16.8. The first-order valence-electron chi connectivity index (χ1n) is 6.89. The minimum Gasteiger partial charge on any atom is -0.476 e. The van der Waals surface area contributed by atoms with Gasteiger partial charge in [-0.2, -0.15) is 4.98 Å². The highest BCUT2D eigenvalue weighted by atomic mass is 35.5. The van der Waals surface area contributed by atoms with Gasteiger partial charge in [0, 0.05) is 16.5 Å². The standard InChI is InChI=1S/C15H13Cl2N3OS2/c1-3-21-13-12-14(20-15(19-13)22-2)23-11(18-12)7-8-9(16)5-4-6-10(8)17/h4-6H,3,7H2,1-2H3. The number of benzene rings is 1. The second-order valence-corrected chi connectivity index (χ2v) is 7.24. The number of ether oxygens (including phenoxy) is 1. The number of hydrogen-bond acceptors (Lipinski definition) is 6. The average molecular weight is 386 g/mol. The van der Waals surface area contributed by atoms with Gasteiger partial charge >= 0.3 is 0 Å². The van der Waals surface area contributed by atoms with Gasteiger partial charge in [-0.1, -0.05) is 52.4 Å². The van der Waals surface area contributed by atoms with Gasteiger partial charge in [0.25, 0.3) is 0 Å². The molecule has 0 radical (unpaired) electrons. The number of halogens is 2. The molecule has 0 aliphatic carbocycles. The fourth-order valence-corrected chi connectivity index (χ4v) is 3.96. The van der Waals surface area contributed by atoms with Crippen LogP contribution >= 0.6 is 46.3 Å². The largest absolute Gasteiger partial charge is 0.476 e. The molecular weight excluding hydrogens is 373 g/mol. The minimum absolute atomic E-state index is 0.523. The van der Waals surface area contributed by atoms with E-state index in [0.717, 1.165) is 15.4 Å². The molecule has 0 aliphatic heterocycles. The van der Waals surface area contributed by atoms with E-state index in [1.54, 1.807) is 0 Å². The maximum atomic E-state index is 6.24. The van der Waals surface area contributed by atoms with Gasteiger partial charge in [0.15, 0.2) is 15.5 Å². The molecule has 0 saturated carbocycles. The molecule has 0 fully saturated rings. The number of thiazole rings is 1. The Bertz CT molecular complexity index is 834. The Morgan fingerprint density at radius 1 is 1.17 bits per heavy atom. The molecule has 0 aliphatic rings. The third-order valence-corrected chi connectivity index (χ3v) is 5.31. The Morgan fingerprint density at radius 3 is 2.57 bits per heavy atom. The highest BCUT2D eigenvalue weighted by Crippen LogP contribution is 2.33. The van der Waals surface area contributed by atoms with Crippen LogP contribution in [-0.2, 0) is 6.42 Å². The SMILES string of the molecule is CCOc1nc(SC)nc2sc(Cc3c(Cl)cccc3Cl)nc12. The number of rotatable bonds is 5. The first-order chi connectivity index (χ1) is 11.1. The van der Waals surface area contributed by atoms with Gasteiger partial charge in [0.05, 0.1) is 6.61 Å². The van der Waals surface area contributed by atoms with E-state index >= 15 is 0 Å². The highest BCUT2D eigenvalue weighted by molar-refractivity contribution is 7.98. The van der Waals surface area contributed by atoms with Crippen LogP contribution in [0.4, 0.5) is 0 Å². The summed E-state index contributed by atoms with van der Waals surface area (Å²) in [6, 6.07) is 5.48. The molecule has 0 atom stereocenters. The van der Waals surface area contributed by atoms with Gasteiger partial charge in [-0.05, 0) is 30.9 Å². The van der Waals surface area contributed by atoms with Crippen molar-refractivity contribution in [1.82, 2.24) is 15.0 Å². The molecule has 8 heteroatoms. The Kier molecular flexibility index (Phi) is 5.26. The predicted molar refractivity (Wildman–Crippen MR) is 97.4 cm³/mol. The third kappa shape index (κ3) is 3.55. The number of thioether (sulfide) groups is 1. The van der Waals surface area contributed by atoms with Crippen LogP contribution in [-0.4, -0.2) is 27.8 Å². The van der Waals surface area contributed by atoms with Crippen molar-refractivity contribution in [3.8, 4) is 5.88 Å². The van der Waals surface area contributed by atoms with Crippen LogP contribution in [0.5, 0.6) is 5.88 Å². The third-order valence-electron chi connectivity index (χ3n) is 3.10. The lowest BCUT2D eigenvalue weighted by Gasteiger charge is -2.04. The van der Waals surface area contributed by atoms with E-state index < -0.39 is 0 Å². The van der Waals surface area contributed by atoms with Crippen LogP contribution in [0.25, 0.3) is 10.3 Å². The van der Waals surface area contributed by atoms with Crippen molar-refractivity contribution in [2.45, 2.75) is 18.5 Å². The van der Waals surface area contributed by atoms with Crippen molar-refractivity contribution in [3.63, 3.8) is 0 Å². The summed E-state index contributed by atoms with van der Waals surface area (Å²) in [5, 5.41) is 2.82. The molecule has 0 amide bonds. The second kappa shape index (κ2) is 7.21. The molecule has 0 N–H and O–H groups in total. The molecule has 4 nitrogen and oxygen atoms in total. The van der Waals surface area contributed by atoms with Crippen LogP contribution in [0.3, 0.4) is 0 Å². The molecule has 23 heavy (non-hydrogen) atoms. The number of fused-ring (bicyclic) bond motifs is 1. The topological polar surface area (TPSA) is 47.9 Å². The normalized spacial score (nSPS) is 11.1. The summed E-state index contributed by atoms with van der Waals surface area (Å²) in [6.45, 7) is 2.45. The molecule has 1 aromatic carbocycles. The lowest BCUT2D eigenvalue weighted by atomic mass is 10.1.